The molecule has 19 heavy (non-hydrogen) atoms. The van der Waals surface area contributed by atoms with Crippen LogP contribution in [0.5, 0.6) is 0 Å². The summed E-state index contributed by atoms with van der Waals surface area (Å²) >= 11 is 0. The lowest BCUT2D eigenvalue weighted by molar-refractivity contribution is 0.102. The molecule has 2 rings (SSSR count). The van der Waals surface area contributed by atoms with E-state index in [9.17, 15) is 9.18 Å². The molecule has 0 atom stereocenters. The molecular weight excluding hydrogens is 247 g/mol. The molecule has 0 bridgehead atoms. The van der Waals surface area contributed by atoms with Gasteiger partial charge in [0.1, 0.15) is 17.3 Å². The predicted octanol–water partition coefficient (Wildman–Crippen LogP) is 2.22. The average Bonchev–Trinajstić information content (AvgIpc) is 2.43. The monoisotopic (exact) mass is 260 g/mol. The van der Waals surface area contributed by atoms with Gasteiger partial charge in [-0.15, -0.1) is 0 Å². The van der Waals surface area contributed by atoms with Crippen molar-refractivity contribution in [3.63, 3.8) is 0 Å². The first-order valence-corrected chi connectivity index (χ1v) is 5.67. The molecule has 2 N–H and O–H groups in total. The molecule has 98 valence electrons. The standard InChI is InChI=1S/C13H13FN4O/c1-8-3-4-9(14)5-10(8)18-13(19)11-6-17-12(15-2)7-16-11/h3-7H,1-2H3,(H,15,17)(H,18,19). The predicted molar refractivity (Wildman–Crippen MR) is 70.7 cm³/mol. The van der Waals surface area contributed by atoms with E-state index in [1.54, 1.807) is 20.0 Å². The summed E-state index contributed by atoms with van der Waals surface area (Å²) in [4.78, 5) is 19.9. The zero-order valence-corrected chi connectivity index (χ0v) is 10.6. The van der Waals surface area contributed by atoms with E-state index in [1.807, 2.05) is 0 Å². The minimum atomic E-state index is -0.427. The van der Waals surface area contributed by atoms with Crippen molar-refractivity contribution in [3.8, 4) is 0 Å². The Morgan fingerprint density at radius 2 is 2.05 bits per heavy atom. The fourth-order valence-corrected chi connectivity index (χ4v) is 1.49. The third-order valence-electron chi connectivity index (χ3n) is 2.59. The number of carbonyl (C=O) groups is 1. The highest BCUT2D eigenvalue weighted by Gasteiger charge is 2.10. The van der Waals surface area contributed by atoms with Gasteiger partial charge in [-0.3, -0.25) is 4.79 Å². The number of amides is 1. The van der Waals surface area contributed by atoms with Crippen LogP contribution in [-0.2, 0) is 0 Å². The Balaban J connectivity index is 2.18. The fraction of sp³-hybridized carbons (Fsp3) is 0.154. The van der Waals surface area contributed by atoms with Gasteiger partial charge in [-0.1, -0.05) is 6.07 Å². The van der Waals surface area contributed by atoms with Crippen molar-refractivity contribution in [1.29, 1.82) is 0 Å². The van der Waals surface area contributed by atoms with Gasteiger partial charge < -0.3 is 10.6 Å². The van der Waals surface area contributed by atoms with Crippen molar-refractivity contribution in [2.45, 2.75) is 6.92 Å². The molecule has 0 radical (unpaired) electrons. The van der Waals surface area contributed by atoms with Gasteiger partial charge in [0.05, 0.1) is 12.4 Å². The van der Waals surface area contributed by atoms with Gasteiger partial charge in [0, 0.05) is 12.7 Å². The number of aryl methyl sites for hydroxylation is 1. The summed E-state index contributed by atoms with van der Waals surface area (Å²) in [5.41, 5.74) is 1.36. The number of nitrogens with zero attached hydrogens (tertiary/aromatic N) is 2. The molecule has 1 aromatic heterocycles. The molecule has 0 unspecified atom stereocenters. The largest absolute Gasteiger partial charge is 0.372 e. The third-order valence-corrected chi connectivity index (χ3v) is 2.59. The van der Waals surface area contributed by atoms with Crippen molar-refractivity contribution < 1.29 is 9.18 Å². The second kappa shape index (κ2) is 5.43. The molecule has 0 aliphatic heterocycles. The van der Waals surface area contributed by atoms with Crippen LogP contribution < -0.4 is 10.6 Å². The average molecular weight is 260 g/mol. The molecule has 0 spiro atoms. The molecule has 0 aliphatic carbocycles. The van der Waals surface area contributed by atoms with Crippen LogP contribution in [0.4, 0.5) is 15.9 Å². The van der Waals surface area contributed by atoms with E-state index in [4.69, 9.17) is 0 Å². The summed E-state index contributed by atoms with van der Waals surface area (Å²) in [5, 5.41) is 5.41. The van der Waals surface area contributed by atoms with Crippen LogP contribution in [0.25, 0.3) is 0 Å². The van der Waals surface area contributed by atoms with Crippen LogP contribution in [-0.4, -0.2) is 22.9 Å². The summed E-state index contributed by atoms with van der Waals surface area (Å²) in [6.07, 6.45) is 2.81. The van der Waals surface area contributed by atoms with Crippen LogP contribution >= 0.6 is 0 Å². The molecular formula is C13H13FN4O. The second-order valence-electron chi connectivity index (χ2n) is 3.95. The lowest BCUT2D eigenvalue weighted by atomic mass is 10.2. The van der Waals surface area contributed by atoms with Crippen molar-refractivity contribution in [1.82, 2.24) is 9.97 Å². The number of rotatable bonds is 3. The highest BCUT2D eigenvalue weighted by molar-refractivity contribution is 6.03. The Labute approximate surface area is 109 Å². The quantitative estimate of drug-likeness (QED) is 0.888. The Morgan fingerprint density at radius 3 is 2.68 bits per heavy atom. The molecule has 6 heteroatoms. The van der Waals surface area contributed by atoms with Crippen LogP contribution in [0.2, 0.25) is 0 Å². The maximum Gasteiger partial charge on any atom is 0.275 e. The highest BCUT2D eigenvalue weighted by atomic mass is 19.1. The van der Waals surface area contributed by atoms with Crippen molar-refractivity contribution in [2.24, 2.45) is 0 Å². The van der Waals surface area contributed by atoms with E-state index in [-0.39, 0.29) is 5.69 Å². The highest BCUT2D eigenvalue weighted by Crippen LogP contribution is 2.16. The molecule has 1 heterocycles. The van der Waals surface area contributed by atoms with E-state index in [2.05, 4.69) is 20.6 Å². The van der Waals surface area contributed by atoms with Crippen molar-refractivity contribution in [3.05, 3.63) is 47.7 Å². The molecule has 1 amide bonds. The lowest BCUT2D eigenvalue weighted by Crippen LogP contribution is -2.15. The zero-order chi connectivity index (χ0) is 13.8. The van der Waals surface area contributed by atoms with Gasteiger partial charge in [-0.05, 0) is 24.6 Å². The maximum atomic E-state index is 13.1. The molecule has 5 nitrogen and oxygen atoms in total. The van der Waals surface area contributed by atoms with E-state index in [0.717, 1.165) is 5.56 Å². The van der Waals surface area contributed by atoms with E-state index < -0.39 is 11.7 Å². The van der Waals surface area contributed by atoms with Crippen molar-refractivity contribution in [2.75, 3.05) is 17.7 Å². The van der Waals surface area contributed by atoms with Gasteiger partial charge in [0.25, 0.3) is 5.91 Å². The SMILES string of the molecule is CNc1cnc(C(=O)Nc2cc(F)ccc2C)cn1. The zero-order valence-electron chi connectivity index (χ0n) is 10.6. The smallest absolute Gasteiger partial charge is 0.275 e. The van der Waals surface area contributed by atoms with E-state index in [0.29, 0.717) is 11.5 Å². The van der Waals surface area contributed by atoms with Gasteiger partial charge in [-0.2, -0.15) is 0 Å². The Morgan fingerprint density at radius 1 is 1.26 bits per heavy atom. The molecule has 2 aromatic rings. The number of benzene rings is 1. The Bertz CT molecular complexity index is 598. The second-order valence-corrected chi connectivity index (χ2v) is 3.95. The summed E-state index contributed by atoms with van der Waals surface area (Å²) in [5.74, 6) is -0.264. The molecule has 1 aromatic carbocycles. The van der Waals surface area contributed by atoms with Gasteiger partial charge in [0.2, 0.25) is 0 Å². The Hall–Kier alpha value is -2.50. The fourth-order valence-electron chi connectivity index (χ4n) is 1.49. The lowest BCUT2D eigenvalue weighted by Gasteiger charge is -2.08. The molecule has 0 saturated heterocycles. The first-order chi connectivity index (χ1) is 9.10. The first-order valence-electron chi connectivity index (χ1n) is 5.67. The van der Waals surface area contributed by atoms with Crippen LogP contribution in [0, 0.1) is 12.7 Å². The number of hydrogen-bond acceptors (Lipinski definition) is 4. The van der Waals surface area contributed by atoms with Crippen molar-refractivity contribution >= 4 is 17.4 Å². The number of anilines is 2. The van der Waals surface area contributed by atoms with Crippen LogP contribution in [0.1, 0.15) is 16.1 Å². The number of halogens is 1. The Kier molecular flexibility index (Phi) is 3.70. The van der Waals surface area contributed by atoms with Crippen LogP contribution in [0.3, 0.4) is 0 Å². The normalized spacial score (nSPS) is 10.1. The minimum Gasteiger partial charge on any atom is -0.372 e. The van der Waals surface area contributed by atoms with Gasteiger partial charge in [0.15, 0.2) is 0 Å². The van der Waals surface area contributed by atoms with Crippen LogP contribution in [0.15, 0.2) is 30.6 Å². The molecule has 0 saturated carbocycles. The summed E-state index contributed by atoms with van der Waals surface area (Å²) in [7, 11) is 1.71. The third kappa shape index (κ3) is 3.04. The topological polar surface area (TPSA) is 66.9 Å². The summed E-state index contributed by atoms with van der Waals surface area (Å²) in [6.45, 7) is 1.78. The number of nitrogens with one attached hydrogen (secondary N) is 2. The summed E-state index contributed by atoms with van der Waals surface area (Å²) in [6, 6.07) is 4.20. The molecule has 0 fully saturated rings. The van der Waals surface area contributed by atoms with Gasteiger partial charge in [-0.25, -0.2) is 14.4 Å². The first kappa shape index (κ1) is 12.9. The number of carbonyl (C=O) groups excluding carboxylic acids is 1. The van der Waals surface area contributed by atoms with E-state index >= 15 is 0 Å². The minimum absolute atomic E-state index is 0.169. The number of aromatic nitrogens is 2. The van der Waals surface area contributed by atoms with Gasteiger partial charge >= 0.3 is 0 Å². The molecule has 0 aliphatic rings. The van der Waals surface area contributed by atoms with E-state index in [1.165, 1.54) is 24.5 Å². The maximum absolute atomic E-state index is 13.1. The summed E-state index contributed by atoms with van der Waals surface area (Å²) < 4.78 is 13.1. The number of hydrogen-bond donors (Lipinski definition) is 2.